The van der Waals surface area contributed by atoms with Gasteiger partial charge in [-0.05, 0) is 23.8 Å². The summed E-state index contributed by atoms with van der Waals surface area (Å²) in [5.74, 6) is 1.15. The van der Waals surface area contributed by atoms with Crippen molar-refractivity contribution >= 4 is 5.91 Å². The Labute approximate surface area is 130 Å². The van der Waals surface area contributed by atoms with Crippen LogP contribution in [0.3, 0.4) is 0 Å². The number of carbonyl (C=O) groups is 1. The lowest BCUT2D eigenvalue weighted by molar-refractivity contribution is 0.0189. The number of likely N-dealkylation sites (tertiary alicyclic amines) is 1. The zero-order valence-corrected chi connectivity index (χ0v) is 12.5. The monoisotopic (exact) mass is 293 g/mol. The molecule has 0 aromatic heterocycles. The van der Waals surface area contributed by atoms with Crippen LogP contribution in [0.25, 0.3) is 0 Å². The fraction of sp³-hybridized carbons (Fsp3) is 0.316. The maximum atomic E-state index is 12.5. The molecule has 2 aromatic carbocycles. The molecule has 1 spiro atoms. The van der Waals surface area contributed by atoms with E-state index < -0.39 is 0 Å². The lowest BCUT2D eigenvalue weighted by atomic mass is 9.87. The summed E-state index contributed by atoms with van der Waals surface area (Å²) in [6.45, 7) is 1.53. The van der Waals surface area contributed by atoms with Gasteiger partial charge in [0.25, 0.3) is 5.91 Å². The van der Waals surface area contributed by atoms with Gasteiger partial charge < -0.3 is 9.64 Å². The summed E-state index contributed by atoms with van der Waals surface area (Å²) >= 11 is 0. The molecule has 1 amide bonds. The molecule has 0 atom stereocenters. The molecule has 2 aromatic rings. The molecule has 0 N–H and O–H groups in total. The molecule has 1 saturated heterocycles. The topological polar surface area (TPSA) is 29.5 Å². The highest BCUT2D eigenvalue weighted by Gasteiger charge is 2.42. The van der Waals surface area contributed by atoms with E-state index in [9.17, 15) is 4.79 Å². The number of hydrogen-bond donors (Lipinski definition) is 0. The molecule has 2 aliphatic rings. The van der Waals surface area contributed by atoms with E-state index in [2.05, 4.69) is 12.1 Å². The molecular weight excluding hydrogens is 274 g/mol. The van der Waals surface area contributed by atoms with Crippen LogP contribution in [-0.4, -0.2) is 29.5 Å². The van der Waals surface area contributed by atoms with Crippen molar-refractivity contribution in [1.29, 1.82) is 0 Å². The van der Waals surface area contributed by atoms with Crippen molar-refractivity contribution in [1.82, 2.24) is 4.90 Å². The minimum Gasteiger partial charge on any atom is -0.487 e. The summed E-state index contributed by atoms with van der Waals surface area (Å²) in [4.78, 5) is 14.5. The van der Waals surface area contributed by atoms with Gasteiger partial charge in [0.15, 0.2) is 0 Å². The van der Waals surface area contributed by atoms with Gasteiger partial charge in [0.2, 0.25) is 0 Å². The number of amides is 1. The molecule has 0 bridgehead atoms. The molecule has 3 heteroatoms. The SMILES string of the molecule is O=C(c1ccccc1)N1CCC2(CC1)Cc1ccccc1O2. The minimum atomic E-state index is -0.100. The van der Waals surface area contributed by atoms with Gasteiger partial charge in [0.05, 0.1) is 0 Å². The zero-order valence-electron chi connectivity index (χ0n) is 12.5. The summed E-state index contributed by atoms with van der Waals surface area (Å²) in [5.41, 5.74) is 1.97. The van der Waals surface area contributed by atoms with Gasteiger partial charge in [0, 0.05) is 37.9 Å². The van der Waals surface area contributed by atoms with Crippen molar-refractivity contribution in [2.24, 2.45) is 0 Å². The van der Waals surface area contributed by atoms with Crippen molar-refractivity contribution in [3.63, 3.8) is 0 Å². The van der Waals surface area contributed by atoms with Crippen molar-refractivity contribution in [3.8, 4) is 5.75 Å². The first-order valence-corrected chi connectivity index (χ1v) is 7.87. The third kappa shape index (κ3) is 2.27. The smallest absolute Gasteiger partial charge is 0.253 e. The molecule has 112 valence electrons. The van der Waals surface area contributed by atoms with Crippen molar-refractivity contribution < 1.29 is 9.53 Å². The average molecular weight is 293 g/mol. The number of para-hydroxylation sites is 1. The Balaban J connectivity index is 1.45. The normalized spacial score (nSPS) is 18.8. The van der Waals surface area contributed by atoms with E-state index in [4.69, 9.17) is 4.74 Å². The number of benzene rings is 2. The molecule has 1 fully saturated rings. The lowest BCUT2D eigenvalue weighted by Crippen LogP contribution is -2.49. The van der Waals surface area contributed by atoms with Crippen LogP contribution in [-0.2, 0) is 6.42 Å². The first-order chi connectivity index (χ1) is 10.8. The van der Waals surface area contributed by atoms with E-state index in [0.717, 1.165) is 43.7 Å². The predicted octanol–water partition coefficient (Wildman–Crippen LogP) is 3.30. The Kier molecular flexibility index (Phi) is 3.14. The lowest BCUT2D eigenvalue weighted by Gasteiger charge is -2.38. The fourth-order valence-electron chi connectivity index (χ4n) is 3.53. The highest BCUT2D eigenvalue weighted by molar-refractivity contribution is 5.94. The first kappa shape index (κ1) is 13.4. The van der Waals surface area contributed by atoms with E-state index in [1.54, 1.807) is 0 Å². The van der Waals surface area contributed by atoms with E-state index in [1.165, 1.54) is 5.56 Å². The van der Waals surface area contributed by atoms with Crippen LogP contribution in [0.2, 0.25) is 0 Å². The van der Waals surface area contributed by atoms with E-state index >= 15 is 0 Å². The molecule has 0 aliphatic carbocycles. The van der Waals surface area contributed by atoms with Crippen LogP contribution >= 0.6 is 0 Å². The summed E-state index contributed by atoms with van der Waals surface area (Å²) in [6.07, 6.45) is 2.77. The highest BCUT2D eigenvalue weighted by Crippen LogP contribution is 2.40. The molecular formula is C19H19NO2. The Morgan fingerprint density at radius 3 is 2.36 bits per heavy atom. The van der Waals surface area contributed by atoms with Crippen LogP contribution < -0.4 is 4.74 Å². The van der Waals surface area contributed by atoms with E-state index in [0.29, 0.717) is 0 Å². The number of ether oxygens (including phenoxy) is 1. The number of fused-ring (bicyclic) bond motifs is 1. The molecule has 4 rings (SSSR count). The number of carbonyl (C=O) groups excluding carboxylic acids is 1. The Morgan fingerprint density at radius 1 is 0.955 bits per heavy atom. The van der Waals surface area contributed by atoms with Gasteiger partial charge in [-0.2, -0.15) is 0 Å². The zero-order chi connectivity index (χ0) is 15.0. The van der Waals surface area contributed by atoms with Gasteiger partial charge >= 0.3 is 0 Å². The Hall–Kier alpha value is -2.29. The molecule has 0 saturated carbocycles. The molecule has 3 nitrogen and oxygen atoms in total. The van der Waals surface area contributed by atoms with Crippen LogP contribution in [0, 0.1) is 0 Å². The van der Waals surface area contributed by atoms with Gasteiger partial charge in [-0.25, -0.2) is 0 Å². The van der Waals surface area contributed by atoms with Gasteiger partial charge in [0.1, 0.15) is 11.4 Å². The molecule has 2 aliphatic heterocycles. The van der Waals surface area contributed by atoms with Crippen LogP contribution in [0.1, 0.15) is 28.8 Å². The van der Waals surface area contributed by atoms with E-state index in [-0.39, 0.29) is 11.5 Å². The predicted molar refractivity (Wildman–Crippen MR) is 85.1 cm³/mol. The molecule has 2 heterocycles. The van der Waals surface area contributed by atoms with Crippen molar-refractivity contribution in [2.45, 2.75) is 24.9 Å². The van der Waals surface area contributed by atoms with Crippen molar-refractivity contribution in [3.05, 3.63) is 65.7 Å². The summed E-state index contributed by atoms with van der Waals surface area (Å²) in [6, 6.07) is 17.8. The number of nitrogens with zero attached hydrogens (tertiary/aromatic N) is 1. The third-order valence-corrected chi connectivity index (χ3v) is 4.79. The fourth-order valence-corrected chi connectivity index (χ4v) is 3.53. The third-order valence-electron chi connectivity index (χ3n) is 4.79. The maximum Gasteiger partial charge on any atom is 0.253 e. The second-order valence-corrected chi connectivity index (χ2v) is 6.23. The first-order valence-electron chi connectivity index (χ1n) is 7.87. The van der Waals surface area contributed by atoms with Gasteiger partial charge in [-0.1, -0.05) is 36.4 Å². The highest BCUT2D eigenvalue weighted by atomic mass is 16.5. The second-order valence-electron chi connectivity index (χ2n) is 6.23. The molecule has 0 unspecified atom stereocenters. The maximum absolute atomic E-state index is 12.5. The summed E-state index contributed by atoms with van der Waals surface area (Å²) in [5, 5.41) is 0. The summed E-state index contributed by atoms with van der Waals surface area (Å²) in [7, 11) is 0. The van der Waals surface area contributed by atoms with Gasteiger partial charge in [-0.15, -0.1) is 0 Å². The minimum absolute atomic E-state index is 0.100. The summed E-state index contributed by atoms with van der Waals surface area (Å²) < 4.78 is 6.23. The van der Waals surface area contributed by atoms with E-state index in [1.807, 2.05) is 47.4 Å². The van der Waals surface area contributed by atoms with Gasteiger partial charge in [-0.3, -0.25) is 4.79 Å². The number of hydrogen-bond acceptors (Lipinski definition) is 2. The Morgan fingerprint density at radius 2 is 1.64 bits per heavy atom. The van der Waals surface area contributed by atoms with Crippen LogP contribution in [0.15, 0.2) is 54.6 Å². The molecule has 0 radical (unpaired) electrons. The van der Waals surface area contributed by atoms with Crippen LogP contribution in [0.4, 0.5) is 0 Å². The Bertz CT molecular complexity index is 661. The standard InChI is InChI=1S/C19H19NO2/c21-18(15-6-2-1-3-7-15)20-12-10-19(11-13-20)14-16-8-4-5-9-17(16)22-19/h1-9H,10-14H2. The number of piperidine rings is 1. The van der Waals surface area contributed by atoms with Crippen molar-refractivity contribution in [2.75, 3.05) is 13.1 Å². The number of rotatable bonds is 1. The second kappa shape index (κ2) is 5.16. The quantitative estimate of drug-likeness (QED) is 0.807. The molecule has 22 heavy (non-hydrogen) atoms. The average Bonchev–Trinajstić information content (AvgIpc) is 2.93. The largest absolute Gasteiger partial charge is 0.487 e. The van der Waals surface area contributed by atoms with Crippen LogP contribution in [0.5, 0.6) is 5.75 Å².